The van der Waals surface area contributed by atoms with Gasteiger partial charge in [0.15, 0.2) is 0 Å². The second-order valence-electron chi connectivity index (χ2n) is 5.92. The van der Waals surface area contributed by atoms with E-state index < -0.39 is 0 Å². The maximum atomic E-state index is 6.15. The largest absolute Gasteiger partial charge is 0.310 e. The van der Waals surface area contributed by atoms with Crippen LogP contribution in [-0.2, 0) is 6.54 Å². The third-order valence-electron chi connectivity index (χ3n) is 4.78. The van der Waals surface area contributed by atoms with Crippen molar-refractivity contribution in [1.82, 2.24) is 15.2 Å². The molecular formula is C15H22ClN3. The number of piperidine rings is 2. The molecule has 2 aliphatic heterocycles. The molecule has 0 radical (unpaired) electrons. The van der Waals surface area contributed by atoms with Gasteiger partial charge in [-0.05, 0) is 44.4 Å². The summed E-state index contributed by atoms with van der Waals surface area (Å²) in [5.74, 6) is 0. The smallest absolute Gasteiger partial charge is 0.0634 e. The van der Waals surface area contributed by atoms with Gasteiger partial charge in [-0.3, -0.25) is 4.98 Å². The molecule has 19 heavy (non-hydrogen) atoms. The minimum Gasteiger partial charge on any atom is -0.310 e. The molecule has 3 heterocycles. The van der Waals surface area contributed by atoms with E-state index in [1.54, 1.807) is 6.20 Å². The topological polar surface area (TPSA) is 28.2 Å². The van der Waals surface area contributed by atoms with E-state index in [0.717, 1.165) is 29.2 Å². The average Bonchev–Trinajstić information content (AvgIpc) is 2.38. The van der Waals surface area contributed by atoms with Crippen molar-refractivity contribution in [2.24, 2.45) is 0 Å². The number of rotatable bonds is 3. The van der Waals surface area contributed by atoms with Crippen molar-refractivity contribution < 1.29 is 0 Å². The van der Waals surface area contributed by atoms with Gasteiger partial charge in [-0.2, -0.15) is 0 Å². The Balaban J connectivity index is 1.58. The van der Waals surface area contributed by atoms with E-state index in [1.807, 2.05) is 12.3 Å². The van der Waals surface area contributed by atoms with Crippen LogP contribution >= 0.6 is 11.6 Å². The van der Waals surface area contributed by atoms with Crippen LogP contribution in [0.15, 0.2) is 18.5 Å². The molecule has 1 N–H and O–H groups in total. The van der Waals surface area contributed by atoms with Crippen LogP contribution in [0.2, 0.25) is 5.02 Å². The highest BCUT2D eigenvalue weighted by Crippen LogP contribution is 2.32. The lowest BCUT2D eigenvalue weighted by Crippen LogP contribution is -2.54. The van der Waals surface area contributed by atoms with Crippen LogP contribution in [0.3, 0.4) is 0 Å². The average molecular weight is 280 g/mol. The van der Waals surface area contributed by atoms with Crippen molar-refractivity contribution in [3.8, 4) is 0 Å². The third-order valence-corrected chi connectivity index (χ3v) is 5.12. The Bertz CT molecular complexity index is 423. The molecule has 2 fully saturated rings. The van der Waals surface area contributed by atoms with E-state index in [4.69, 9.17) is 11.6 Å². The van der Waals surface area contributed by atoms with Crippen molar-refractivity contribution >= 4 is 11.6 Å². The lowest BCUT2D eigenvalue weighted by molar-refractivity contribution is 0.0482. The van der Waals surface area contributed by atoms with E-state index in [-0.39, 0.29) is 0 Å². The van der Waals surface area contributed by atoms with Gasteiger partial charge < -0.3 is 10.2 Å². The van der Waals surface area contributed by atoms with Crippen LogP contribution in [0.4, 0.5) is 0 Å². The fourth-order valence-corrected chi connectivity index (χ4v) is 3.77. The molecule has 2 atom stereocenters. The van der Waals surface area contributed by atoms with Crippen molar-refractivity contribution in [2.45, 2.75) is 56.8 Å². The molecule has 1 aromatic rings. The SMILES string of the molecule is CN1C2CCCC1CC(NCc1ccncc1Cl)C2. The Morgan fingerprint density at radius 3 is 2.79 bits per heavy atom. The van der Waals surface area contributed by atoms with E-state index >= 15 is 0 Å². The van der Waals surface area contributed by atoms with Crippen LogP contribution in [0.5, 0.6) is 0 Å². The van der Waals surface area contributed by atoms with Crippen molar-refractivity contribution in [1.29, 1.82) is 0 Å². The summed E-state index contributed by atoms with van der Waals surface area (Å²) in [6.45, 7) is 0.856. The number of aromatic nitrogens is 1. The first-order chi connectivity index (χ1) is 9.24. The lowest BCUT2D eigenvalue weighted by Gasteiger charge is -2.47. The zero-order chi connectivity index (χ0) is 13.2. The van der Waals surface area contributed by atoms with Crippen LogP contribution in [-0.4, -0.2) is 35.1 Å². The van der Waals surface area contributed by atoms with Crippen molar-refractivity contribution in [2.75, 3.05) is 7.05 Å². The molecule has 0 saturated carbocycles. The predicted molar refractivity (Wildman–Crippen MR) is 78.3 cm³/mol. The molecule has 0 spiro atoms. The van der Waals surface area contributed by atoms with E-state index in [9.17, 15) is 0 Å². The Kier molecular flexibility index (Phi) is 4.06. The standard InChI is InChI=1S/C15H22ClN3/c1-19-13-3-2-4-14(19)8-12(7-13)18-9-11-5-6-17-10-15(11)16/h5-6,10,12-14,18H,2-4,7-9H2,1H3. The molecule has 3 rings (SSSR count). The molecule has 1 aromatic heterocycles. The summed E-state index contributed by atoms with van der Waals surface area (Å²) < 4.78 is 0. The van der Waals surface area contributed by atoms with E-state index in [1.165, 1.54) is 32.1 Å². The van der Waals surface area contributed by atoms with Gasteiger partial charge in [0.05, 0.1) is 5.02 Å². The summed E-state index contributed by atoms with van der Waals surface area (Å²) in [6.07, 6.45) is 10.2. The predicted octanol–water partition coefficient (Wildman–Crippen LogP) is 2.84. The second kappa shape index (κ2) is 5.78. The first-order valence-corrected chi connectivity index (χ1v) is 7.65. The van der Waals surface area contributed by atoms with Gasteiger partial charge >= 0.3 is 0 Å². The van der Waals surface area contributed by atoms with Gasteiger partial charge in [-0.1, -0.05) is 18.0 Å². The summed E-state index contributed by atoms with van der Waals surface area (Å²) in [6, 6.07) is 4.19. The summed E-state index contributed by atoms with van der Waals surface area (Å²) >= 11 is 6.15. The Hall–Kier alpha value is -0.640. The van der Waals surface area contributed by atoms with E-state index in [0.29, 0.717) is 6.04 Å². The number of nitrogens with one attached hydrogen (secondary N) is 1. The van der Waals surface area contributed by atoms with Gasteiger partial charge in [0, 0.05) is 37.1 Å². The highest BCUT2D eigenvalue weighted by atomic mass is 35.5. The fourth-order valence-electron chi connectivity index (χ4n) is 3.58. The van der Waals surface area contributed by atoms with Gasteiger partial charge in [0.25, 0.3) is 0 Å². The summed E-state index contributed by atoms with van der Waals surface area (Å²) in [5.41, 5.74) is 1.15. The zero-order valence-electron chi connectivity index (χ0n) is 11.5. The minimum absolute atomic E-state index is 0.635. The monoisotopic (exact) mass is 279 g/mol. The molecule has 0 aliphatic carbocycles. The summed E-state index contributed by atoms with van der Waals surface area (Å²) in [4.78, 5) is 6.63. The molecule has 3 nitrogen and oxygen atoms in total. The summed E-state index contributed by atoms with van der Waals surface area (Å²) in [7, 11) is 2.30. The van der Waals surface area contributed by atoms with Crippen molar-refractivity contribution in [3.63, 3.8) is 0 Å². The fraction of sp³-hybridized carbons (Fsp3) is 0.667. The minimum atomic E-state index is 0.635. The molecule has 2 aliphatic rings. The molecule has 0 aromatic carbocycles. The number of pyridine rings is 1. The molecule has 2 saturated heterocycles. The number of nitrogens with zero attached hydrogens (tertiary/aromatic N) is 2. The first kappa shape index (κ1) is 13.3. The number of hydrogen-bond acceptors (Lipinski definition) is 3. The quantitative estimate of drug-likeness (QED) is 0.922. The Morgan fingerprint density at radius 2 is 2.11 bits per heavy atom. The molecule has 2 bridgehead atoms. The van der Waals surface area contributed by atoms with Gasteiger partial charge in [0.1, 0.15) is 0 Å². The number of hydrogen-bond donors (Lipinski definition) is 1. The number of halogens is 1. The molecule has 104 valence electrons. The zero-order valence-corrected chi connectivity index (χ0v) is 12.2. The molecular weight excluding hydrogens is 258 g/mol. The molecule has 4 heteroatoms. The van der Waals surface area contributed by atoms with Crippen LogP contribution in [0, 0.1) is 0 Å². The van der Waals surface area contributed by atoms with Crippen LogP contribution in [0.1, 0.15) is 37.7 Å². The summed E-state index contributed by atoms with van der Waals surface area (Å²) in [5, 5.41) is 4.46. The maximum absolute atomic E-state index is 6.15. The van der Waals surface area contributed by atoms with Gasteiger partial charge in [-0.15, -0.1) is 0 Å². The van der Waals surface area contributed by atoms with Gasteiger partial charge in [-0.25, -0.2) is 0 Å². The van der Waals surface area contributed by atoms with E-state index in [2.05, 4.69) is 22.2 Å². The number of fused-ring (bicyclic) bond motifs is 2. The normalized spacial score (nSPS) is 31.4. The van der Waals surface area contributed by atoms with Gasteiger partial charge in [0.2, 0.25) is 0 Å². The highest BCUT2D eigenvalue weighted by molar-refractivity contribution is 6.31. The van der Waals surface area contributed by atoms with Crippen LogP contribution in [0.25, 0.3) is 0 Å². The third kappa shape index (κ3) is 2.93. The molecule has 2 unspecified atom stereocenters. The first-order valence-electron chi connectivity index (χ1n) is 7.27. The van der Waals surface area contributed by atoms with Crippen LogP contribution < -0.4 is 5.32 Å². The maximum Gasteiger partial charge on any atom is 0.0634 e. The second-order valence-corrected chi connectivity index (χ2v) is 6.33. The highest BCUT2D eigenvalue weighted by Gasteiger charge is 2.35. The molecule has 0 amide bonds. The Labute approximate surface area is 120 Å². The Morgan fingerprint density at radius 1 is 1.37 bits per heavy atom. The lowest BCUT2D eigenvalue weighted by atomic mass is 9.82. The van der Waals surface area contributed by atoms with Crippen molar-refractivity contribution in [3.05, 3.63) is 29.0 Å².